The zero-order valence-electron chi connectivity index (χ0n) is 13.9. The fourth-order valence-corrected chi connectivity index (χ4v) is 3.17. The van der Waals surface area contributed by atoms with Gasteiger partial charge in [0.1, 0.15) is 23.3 Å². The van der Waals surface area contributed by atoms with E-state index >= 15 is 0 Å². The van der Waals surface area contributed by atoms with E-state index in [1.54, 1.807) is 0 Å². The summed E-state index contributed by atoms with van der Waals surface area (Å²) in [7, 11) is 4.00. The first-order valence-corrected chi connectivity index (χ1v) is 7.75. The maximum atomic E-state index is 9.43. The smallest absolute Gasteiger partial charge is 0.177 e. The molecule has 0 amide bonds. The standard InChI is InChI=1S/C16H22N6/c1-6-10(2)21-8-7-12-14(20(4)5)18-15-13(9-17)11(3)19-22(15)16(12)21/h10H,6-8H2,1-5H3. The van der Waals surface area contributed by atoms with Gasteiger partial charge >= 0.3 is 0 Å². The molecule has 0 saturated heterocycles. The molecular weight excluding hydrogens is 276 g/mol. The Kier molecular flexibility index (Phi) is 3.44. The molecule has 0 spiro atoms. The van der Waals surface area contributed by atoms with Crippen LogP contribution < -0.4 is 9.80 Å². The van der Waals surface area contributed by atoms with Crippen LogP contribution in [0.3, 0.4) is 0 Å². The molecule has 22 heavy (non-hydrogen) atoms. The minimum atomic E-state index is 0.442. The van der Waals surface area contributed by atoms with Crippen LogP contribution in [-0.2, 0) is 6.42 Å². The molecule has 0 N–H and O–H groups in total. The Morgan fingerprint density at radius 2 is 2.14 bits per heavy atom. The van der Waals surface area contributed by atoms with Gasteiger partial charge in [-0.3, -0.25) is 0 Å². The van der Waals surface area contributed by atoms with Gasteiger partial charge < -0.3 is 9.80 Å². The third-order valence-corrected chi connectivity index (χ3v) is 4.52. The highest BCUT2D eigenvalue weighted by Crippen LogP contribution is 2.37. The highest BCUT2D eigenvalue weighted by atomic mass is 15.4. The minimum Gasteiger partial charge on any atom is -0.362 e. The first-order valence-electron chi connectivity index (χ1n) is 7.75. The molecule has 2 aromatic heterocycles. The zero-order valence-corrected chi connectivity index (χ0v) is 13.9. The van der Waals surface area contributed by atoms with Gasteiger partial charge in [-0.05, 0) is 26.7 Å². The van der Waals surface area contributed by atoms with Crippen LogP contribution in [0.5, 0.6) is 0 Å². The number of rotatable bonds is 3. The van der Waals surface area contributed by atoms with E-state index in [2.05, 4.69) is 29.9 Å². The maximum absolute atomic E-state index is 9.43. The summed E-state index contributed by atoms with van der Waals surface area (Å²) < 4.78 is 1.87. The van der Waals surface area contributed by atoms with Crippen molar-refractivity contribution in [3.8, 4) is 6.07 Å². The molecule has 0 aromatic carbocycles. The van der Waals surface area contributed by atoms with Crippen LogP contribution in [0.15, 0.2) is 0 Å². The Bertz CT molecular complexity index is 767. The molecule has 3 heterocycles. The van der Waals surface area contributed by atoms with E-state index in [9.17, 15) is 5.26 Å². The minimum absolute atomic E-state index is 0.442. The number of nitriles is 1. The number of anilines is 2. The van der Waals surface area contributed by atoms with Crippen LogP contribution in [0.4, 0.5) is 11.6 Å². The third kappa shape index (κ3) is 1.92. The molecule has 1 aliphatic rings. The van der Waals surface area contributed by atoms with Gasteiger partial charge in [-0.1, -0.05) is 6.92 Å². The van der Waals surface area contributed by atoms with E-state index in [4.69, 9.17) is 4.98 Å². The number of aryl methyl sites for hydroxylation is 1. The molecule has 6 heteroatoms. The Balaban J connectivity index is 2.36. The van der Waals surface area contributed by atoms with Crippen molar-refractivity contribution in [3.63, 3.8) is 0 Å². The summed E-state index contributed by atoms with van der Waals surface area (Å²) in [4.78, 5) is 9.16. The average Bonchev–Trinajstić information content (AvgIpc) is 3.05. The molecule has 0 radical (unpaired) electrons. The SMILES string of the molecule is CCC(C)N1CCc2c(N(C)C)nc3c(C#N)c(C)nn3c21. The fourth-order valence-electron chi connectivity index (χ4n) is 3.17. The van der Waals surface area contributed by atoms with Crippen molar-refractivity contribution in [1.29, 1.82) is 5.26 Å². The second kappa shape index (κ2) is 5.16. The lowest BCUT2D eigenvalue weighted by molar-refractivity contribution is 0.623. The molecular formula is C16H22N6. The van der Waals surface area contributed by atoms with Gasteiger partial charge in [-0.2, -0.15) is 14.9 Å². The van der Waals surface area contributed by atoms with Gasteiger partial charge in [0.25, 0.3) is 0 Å². The van der Waals surface area contributed by atoms with Crippen molar-refractivity contribution < 1.29 is 0 Å². The van der Waals surface area contributed by atoms with Crippen molar-refractivity contribution in [2.75, 3.05) is 30.4 Å². The maximum Gasteiger partial charge on any atom is 0.177 e. The van der Waals surface area contributed by atoms with E-state index < -0.39 is 0 Å². The molecule has 0 bridgehead atoms. The van der Waals surface area contributed by atoms with Gasteiger partial charge in [-0.15, -0.1) is 0 Å². The summed E-state index contributed by atoms with van der Waals surface area (Å²) in [6.45, 7) is 7.28. The molecule has 1 aliphatic heterocycles. The molecule has 1 atom stereocenters. The highest BCUT2D eigenvalue weighted by Gasteiger charge is 2.31. The van der Waals surface area contributed by atoms with Crippen LogP contribution in [-0.4, -0.2) is 41.3 Å². The summed E-state index contributed by atoms with van der Waals surface area (Å²) in [5.41, 5.74) is 3.20. The number of hydrogen-bond donors (Lipinski definition) is 0. The lowest BCUT2D eigenvalue weighted by Crippen LogP contribution is -2.32. The van der Waals surface area contributed by atoms with Gasteiger partial charge in [-0.25, -0.2) is 4.98 Å². The average molecular weight is 298 g/mol. The highest BCUT2D eigenvalue weighted by molar-refractivity contribution is 5.72. The van der Waals surface area contributed by atoms with Gasteiger partial charge in [0.05, 0.1) is 5.69 Å². The first kappa shape index (κ1) is 14.6. The summed E-state index contributed by atoms with van der Waals surface area (Å²) in [5, 5.41) is 14.0. The second-order valence-electron chi connectivity index (χ2n) is 6.14. The van der Waals surface area contributed by atoms with Crippen LogP contribution in [0, 0.1) is 18.3 Å². The Hall–Kier alpha value is -2.29. The van der Waals surface area contributed by atoms with Crippen LogP contribution in [0.25, 0.3) is 5.65 Å². The summed E-state index contributed by atoms with van der Waals surface area (Å²) in [6.07, 6.45) is 2.04. The largest absolute Gasteiger partial charge is 0.362 e. The van der Waals surface area contributed by atoms with E-state index in [1.165, 1.54) is 5.56 Å². The molecule has 2 aromatic rings. The van der Waals surface area contributed by atoms with E-state index in [1.807, 2.05) is 30.4 Å². The lowest BCUT2D eigenvalue weighted by atomic mass is 10.2. The van der Waals surface area contributed by atoms with E-state index in [-0.39, 0.29) is 0 Å². The number of aromatic nitrogens is 3. The van der Waals surface area contributed by atoms with Crippen molar-refractivity contribution in [2.45, 2.75) is 39.7 Å². The quantitative estimate of drug-likeness (QED) is 0.869. The van der Waals surface area contributed by atoms with Crippen molar-refractivity contribution in [3.05, 3.63) is 16.8 Å². The monoisotopic (exact) mass is 298 g/mol. The second-order valence-corrected chi connectivity index (χ2v) is 6.14. The Morgan fingerprint density at radius 3 is 2.73 bits per heavy atom. The van der Waals surface area contributed by atoms with Gasteiger partial charge in [0, 0.05) is 32.2 Å². The van der Waals surface area contributed by atoms with Crippen LogP contribution in [0.1, 0.15) is 37.1 Å². The molecule has 3 rings (SSSR count). The van der Waals surface area contributed by atoms with Crippen LogP contribution in [0.2, 0.25) is 0 Å². The van der Waals surface area contributed by atoms with Gasteiger partial charge in [0.15, 0.2) is 5.65 Å². The molecule has 116 valence electrons. The molecule has 6 nitrogen and oxygen atoms in total. The molecule has 0 aliphatic carbocycles. The zero-order chi connectivity index (χ0) is 16.0. The molecule has 0 fully saturated rings. The van der Waals surface area contributed by atoms with E-state index in [0.717, 1.165) is 36.7 Å². The lowest BCUT2D eigenvalue weighted by Gasteiger charge is -2.27. The predicted molar refractivity (Wildman–Crippen MR) is 87.6 cm³/mol. The van der Waals surface area contributed by atoms with Crippen molar-refractivity contribution in [1.82, 2.24) is 14.6 Å². The predicted octanol–water partition coefficient (Wildman–Crippen LogP) is 2.14. The molecule has 0 saturated carbocycles. The van der Waals surface area contributed by atoms with Crippen molar-refractivity contribution >= 4 is 17.3 Å². The Labute approximate surface area is 131 Å². The van der Waals surface area contributed by atoms with Crippen LogP contribution >= 0.6 is 0 Å². The number of nitrogens with zero attached hydrogens (tertiary/aromatic N) is 6. The number of hydrogen-bond acceptors (Lipinski definition) is 5. The van der Waals surface area contributed by atoms with E-state index in [0.29, 0.717) is 17.3 Å². The first-order chi connectivity index (χ1) is 10.5. The number of fused-ring (bicyclic) bond motifs is 3. The fraction of sp³-hybridized carbons (Fsp3) is 0.562. The Morgan fingerprint density at radius 1 is 1.41 bits per heavy atom. The third-order valence-electron chi connectivity index (χ3n) is 4.52. The topological polar surface area (TPSA) is 60.5 Å². The summed E-state index contributed by atoms with van der Waals surface area (Å²) >= 11 is 0. The van der Waals surface area contributed by atoms with Crippen molar-refractivity contribution in [2.24, 2.45) is 0 Å². The molecule has 1 unspecified atom stereocenters. The van der Waals surface area contributed by atoms with Gasteiger partial charge in [0.2, 0.25) is 0 Å². The summed E-state index contributed by atoms with van der Waals surface area (Å²) in [5.74, 6) is 2.05. The normalized spacial score (nSPS) is 15.0. The summed E-state index contributed by atoms with van der Waals surface area (Å²) in [6, 6.07) is 2.69.